The number of hydrogen-bond acceptors (Lipinski definition) is 7. The van der Waals surface area contributed by atoms with E-state index in [0.29, 0.717) is 34.3 Å². The summed E-state index contributed by atoms with van der Waals surface area (Å²) in [5.74, 6) is 1.62. The lowest BCUT2D eigenvalue weighted by Crippen LogP contribution is -2.23. The summed E-state index contributed by atoms with van der Waals surface area (Å²) in [7, 11) is 0. The molecule has 9 nitrogen and oxygen atoms in total. The number of aromatic nitrogens is 6. The molecule has 0 atom stereocenters. The molecule has 0 unspecified atom stereocenters. The van der Waals surface area contributed by atoms with Gasteiger partial charge in [0, 0.05) is 35.8 Å². The maximum absolute atomic E-state index is 15.0. The number of fused-ring (bicyclic) bond motifs is 1. The van der Waals surface area contributed by atoms with Crippen LogP contribution in [0.5, 0.6) is 11.8 Å². The van der Waals surface area contributed by atoms with Gasteiger partial charge in [0.25, 0.3) is 0 Å². The van der Waals surface area contributed by atoms with Crippen LogP contribution in [0, 0.1) is 12.7 Å². The molecule has 3 aromatic heterocycles. The zero-order valence-electron chi connectivity index (χ0n) is 18.4. The van der Waals surface area contributed by atoms with Crippen LogP contribution in [-0.4, -0.2) is 43.2 Å². The normalized spacial score (nSPS) is 11.4. The standard InChI is InChI=1S/C22H25FN8O/c1-5-8-17-25-21(30-29-17)26-18-12-19(31(6-2)7-3)28-22(27-18)32-16-10-9-15-14(20(16)23)11-13(4)24-15/h5,8-12,24H,6-7H2,1-4H3,(H2,25,26,27,28,29,30)/b8-5+. The monoisotopic (exact) mass is 436 g/mol. The third-order valence-corrected chi connectivity index (χ3v) is 4.88. The first-order valence-electron chi connectivity index (χ1n) is 10.4. The van der Waals surface area contributed by atoms with Crippen LogP contribution in [0.25, 0.3) is 17.0 Å². The molecule has 32 heavy (non-hydrogen) atoms. The highest BCUT2D eigenvalue weighted by Crippen LogP contribution is 2.31. The van der Waals surface area contributed by atoms with Crippen molar-refractivity contribution < 1.29 is 9.13 Å². The van der Waals surface area contributed by atoms with Crippen LogP contribution >= 0.6 is 0 Å². The largest absolute Gasteiger partial charge is 0.421 e. The molecule has 4 aromatic rings. The Bertz CT molecular complexity index is 1260. The van der Waals surface area contributed by atoms with Crippen molar-refractivity contribution in [3.05, 3.63) is 47.7 Å². The Morgan fingerprint density at radius 2 is 1.97 bits per heavy atom. The van der Waals surface area contributed by atoms with Crippen LogP contribution in [0.3, 0.4) is 0 Å². The first-order chi connectivity index (χ1) is 15.5. The SMILES string of the molecule is C/C=C/c1nc(Nc2cc(N(CC)CC)nc(Oc3ccc4[nH]c(C)cc4c3F)n2)n[nH]1. The van der Waals surface area contributed by atoms with E-state index < -0.39 is 5.82 Å². The number of aromatic amines is 2. The molecule has 3 heterocycles. The molecule has 0 aliphatic rings. The Labute approximate surface area is 184 Å². The first-order valence-corrected chi connectivity index (χ1v) is 10.4. The Kier molecular flexibility index (Phi) is 6.02. The molecule has 1 aromatic carbocycles. The van der Waals surface area contributed by atoms with Gasteiger partial charge in [-0.2, -0.15) is 15.0 Å². The molecule has 10 heteroatoms. The summed E-state index contributed by atoms with van der Waals surface area (Å²) in [4.78, 5) is 18.4. The Morgan fingerprint density at radius 1 is 1.16 bits per heavy atom. The van der Waals surface area contributed by atoms with Crippen molar-refractivity contribution in [2.45, 2.75) is 27.7 Å². The fourth-order valence-corrected chi connectivity index (χ4v) is 3.37. The molecule has 0 fully saturated rings. The number of halogens is 1. The van der Waals surface area contributed by atoms with Gasteiger partial charge in [0.05, 0.1) is 0 Å². The van der Waals surface area contributed by atoms with Gasteiger partial charge in [-0.05, 0) is 52.0 Å². The van der Waals surface area contributed by atoms with E-state index in [9.17, 15) is 0 Å². The first kappa shape index (κ1) is 21.3. The minimum atomic E-state index is -0.469. The number of benzene rings is 1. The molecule has 4 rings (SSSR count). The summed E-state index contributed by atoms with van der Waals surface area (Å²) in [6.07, 6.45) is 3.66. The summed E-state index contributed by atoms with van der Waals surface area (Å²) in [5.41, 5.74) is 1.57. The lowest BCUT2D eigenvalue weighted by atomic mass is 10.2. The fourth-order valence-electron chi connectivity index (χ4n) is 3.37. The maximum Gasteiger partial charge on any atom is 0.326 e. The van der Waals surface area contributed by atoms with E-state index in [2.05, 4.69) is 35.5 Å². The fraction of sp³-hybridized carbons (Fsp3) is 0.273. The van der Waals surface area contributed by atoms with Gasteiger partial charge < -0.3 is 19.9 Å². The van der Waals surface area contributed by atoms with Crippen molar-refractivity contribution in [2.24, 2.45) is 0 Å². The third kappa shape index (κ3) is 4.39. The lowest BCUT2D eigenvalue weighted by Gasteiger charge is -2.20. The molecular formula is C22H25FN8O. The second-order valence-corrected chi connectivity index (χ2v) is 7.13. The number of allylic oxidation sites excluding steroid dienone is 1. The molecule has 0 radical (unpaired) electrons. The van der Waals surface area contributed by atoms with Crippen molar-refractivity contribution in [1.29, 1.82) is 0 Å². The van der Waals surface area contributed by atoms with Gasteiger partial charge in [0.1, 0.15) is 17.5 Å². The Morgan fingerprint density at radius 3 is 2.72 bits per heavy atom. The minimum Gasteiger partial charge on any atom is -0.421 e. The van der Waals surface area contributed by atoms with Gasteiger partial charge in [-0.1, -0.05) is 6.08 Å². The number of rotatable bonds is 8. The molecule has 166 valence electrons. The average Bonchev–Trinajstić information content (AvgIpc) is 3.37. The van der Waals surface area contributed by atoms with Crippen molar-refractivity contribution in [3.8, 4) is 11.8 Å². The Balaban J connectivity index is 1.69. The van der Waals surface area contributed by atoms with E-state index in [0.717, 1.165) is 18.8 Å². The summed E-state index contributed by atoms with van der Waals surface area (Å²) >= 11 is 0. The van der Waals surface area contributed by atoms with E-state index in [1.807, 2.05) is 38.7 Å². The number of ether oxygens (including phenoxy) is 1. The topological polar surface area (TPSA) is 108 Å². The van der Waals surface area contributed by atoms with E-state index >= 15 is 4.39 Å². The van der Waals surface area contributed by atoms with Crippen molar-refractivity contribution in [1.82, 2.24) is 30.1 Å². The summed E-state index contributed by atoms with van der Waals surface area (Å²) in [6, 6.07) is 6.87. The number of aryl methyl sites for hydroxylation is 1. The van der Waals surface area contributed by atoms with Crippen molar-refractivity contribution in [2.75, 3.05) is 23.3 Å². The molecule has 0 aliphatic carbocycles. The van der Waals surface area contributed by atoms with Crippen LogP contribution in [0.4, 0.5) is 22.0 Å². The highest BCUT2D eigenvalue weighted by Gasteiger charge is 2.16. The number of hydrogen-bond donors (Lipinski definition) is 3. The quantitative estimate of drug-likeness (QED) is 0.359. The minimum absolute atomic E-state index is 0.0200. The molecule has 3 N–H and O–H groups in total. The van der Waals surface area contributed by atoms with E-state index in [-0.39, 0.29) is 11.8 Å². The number of anilines is 3. The predicted octanol–water partition coefficient (Wildman–Crippen LogP) is 4.94. The van der Waals surface area contributed by atoms with Gasteiger partial charge in [0.15, 0.2) is 11.6 Å². The molecule has 0 saturated carbocycles. The molecule has 0 amide bonds. The van der Waals surface area contributed by atoms with E-state index in [1.165, 1.54) is 0 Å². The van der Waals surface area contributed by atoms with E-state index in [4.69, 9.17) is 4.74 Å². The maximum atomic E-state index is 15.0. The zero-order chi connectivity index (χ0) is 22.7. The predicted molar refractivity (Wildman–Crippen MR) is 123 cm³/mol. The highest BCUT2D eigenvalue weighted by atomic mass is 19.1. The van der Waals surface area contributed by atoms with Gasteiger partial charge >= 0.3 is 6.01 Å². The third-order valence-electron chi connectivity index (χ3n) is 4.88. The second kappa shape index (κ2) is 9.04. The van der Waals surface area contributed by atoms with Crippen molar-refractivity contribution in [3.63, 3.8) is 0 Å². The summed E-state index contributed by atoms with van der Waals surface area (Å²) in [6.45, 7) is 9.30. The summed E-state index contributed by atoms with van der Waals surface area (Å²) in [5, 5.41) is 10.5. The van der Waals surface area contributed by atoms with Gasteiger partial charge in [-0.15, -0.1) is 5.10 Å². The van der Waals surface area contributed by atoms with Gasteiger partial charge in [0.2, 0.25) is 5.95 Å². The molecule has 0 spiro atoms. The van der Waals surface area contributed by atoms with Gasteiger partial charge in [-0.3, -0.25) is 5.10 Å². The Hall–Kier alpha value is -3.95. The van der Waals surface area contributed by atoms with Crippen molar-refractivity contribution >= 4 is 34.6 Å². The smallest absolute Gasteiger partial charge is 0.326 e. The average molecular weight is 436 g/mol. The number of nitrogens with zero attached hydrogens (tertiary/aromatic N) is 5. The van der Waals surface area contributed by atoms with E-state index in [1.54, 1.807) is 30.3 Å². The van der Waals surface area contributed by atoms with Crippen LogP contribution in [-0.2, 0) is 0 Å². The van der Waals surface area contributed by atoms with Crippen LogP contribution in [0.1, 0.15) is 32.3 Å². The number of H-pyrrole nitrogens is 2. The highest BCUT2D eigenvalue weighted by molar-refractivity contribution is 5.82. The molecular weight excluding hydrogens is 411 g/mol. The molecule has 0 bridgehead atoms. The van der Waals surface area contributed by atoms with Crippen LogP contribution in [0.15, 0.2) is 30.3 Å². The van der Waals surface area contributed by atoms with Gasteiger partial charge in [-0.25, -0.2) is 4.39 Å². The number of nitrogens with one attached hydrogen (secondary N) is 3. The second-order valence-electron chi connectivity index (χ2n) is 7.13. The van der Waals surface area contributed by atoms with Crippen LogP contribution < -0.4 is 15.0 Å². The molecule has 0 aliphatic heterocycles. The summed E-state index contributed by atoms with van der Waals surface area (Å²) < 4.78 is 20.8. The molecule has 0 saturated heterocycles. The van der Waals surface area contributed by atoms with Crippen LogP contribution in [0.2, 0.25) is 0 Å². The lowest BCUT2D eigenvalue weighted by molar-refractivity contribution is 0.414. The zero-order valence-corrected chi connectivity index (χ0v) is 18.4.